The second-order valence-corrected chi connectivity index (χ2v) is 8.51. The van der Waals surface area contributed by atoms with Gasteiger partial charge in [-0.2, -0.15) is 0 Å². The molecule has 0 saturated heterocycles. The van der Waals surface area contributed by atoms with Gasteiger partial charge in [0.25, 0.3) is 0 Å². The predicted octanol–water partition coefficient (Wildman–Crippen LogP) is 1.48. The quantitative estimate of drug-likeness (QED) is 0.598. The van der Waals surface area contributed by atoms with Gasteiger partial charge in [0.2, 0.25) is 10.0 Å². The lowest BCUT2D eigenvalue weighted by Crippen LogP contribution is -2.33. The second-order valence-electron chi connectivity index (χ2n) is 6.59. The largest absolute Gasteiger partial charge is 0.314 e. The van der Waals surface area contributed by atoms with E-state index in [0.717, 1.165) is 24.8 Å². The fourth-order valence-electron chi connectivity index (χ4n) is 2.92. The van der Waals surface area contributed by atoms with E-state index in [9.17, 15) is 8.42 Å². The molecule has 0 radical (unpaired) electrons. The van der Waals surface area contributed by atoms with Crippen LogP contribution in [0.4, 0.5) is 0 Å². The van der Waals surface area contributed by atoms with Crippen molar-refractivity contribution in [1.82, 2.24) is 10.0 Å². The molecule has 110 valence electrons. The second kappa shape index (κ2) is 5.70. The molecule has 5 heteroatoms. The van der Waals surface area contributed by atoms with Crippen LogP contribution in [0.3, 0.4) is 0 Å². The smallest absolute Gasteiger partial charge is 0.211 e. The van der Waals surface area contributed by atoms with Crippen molar-refractivity contribution in [2.24, 2.45) is 17.8 Å². The topological polar surface area (TPSA) is 58.2 Å². The molecule has 0 heterocycles. The van der Waals surface area contributed by atoms with E-state index in [1.807, 2.05) is 0 Å². The Hall–Kier alpha value is -0.130. The molecule has 19 heavy (non-hydrogen) atoms. The third-order valence-corrected chi connectivity index (χ3v) is 6.03. The molecule has 0 amide bonds. The van der Waals surface area contributed by atoms with E-state index in [-0.39, 0.29) is 5.75 Å². The van der Waals surface area contributed by atoms with Gasteiger partial charge in [-0.05, 0) is 69.2 Å². The van der Waals surface area contributed by atoms with Crippen molar-refractivity contribution in [1.29, 1.82) is 0 Å². The Morgan fingerprint density at radius 3 is 2.16 bits per heavy atom. The van der Waals surface area contributed by atoms with Crippen molar-refractivity contribution in [3.63, 3.8) is 0 Å². The molecular weight excluding hydrogens is 260 g/mol. The predicted molar refractivity (Wildman–Crippen MR) is 76.4 cm³/mol. The van der Waals surface area contributed by atoms with Crippen molar-refractivity contribution < 1.29 is 8.42 Å². The van der Waals surface area contributed by atoms with Crippen molar-refractivity contribution in [3.8, 4) is 0 Å². The minimum atomic E-state index is -3.06. The molecule has 3 fully saturated rings. The van der Waals surface area contributed by atoms with E-state index < -0.39 is 10.0 Å². The molecule has 3 saturated carbocycles. The van der Waals surface area contributed by atoms with Gasteiger partial charge in [0.05, 0.1) is 5.75 Å². The summed E-state index contributed by atoms with van der Waals surface area (Å²) < 4.78 is 26.7. The molecule has 3 rings (SSSR count). The number of hydrogen-bond acceptors (Lipinski definition) is 3. The van der Waals surface area contributed by atoms with Crippen LogP contribution in [0.1, 0.15) is 44.9 Å². The molecule has 0 aromatic heterocycles. The normalized spacial score (nSPS) is 24.1. The van der Waals surface area contributed by atoms with Gasteiger partial charge in [-0.3, -0.25) is 0 Å². The lowest BCUT2D eigenvalue weighted by Gasteiger charge is -2.16. The van der Waals surface area contributed by atoms with E-state index in [1.54, 1.807) is 0 Å². The summed E-state index contributed by atoms with van der Waals surface area (Å²) in [7, 11) is -3.06. The van der Waals surface area contributed by atoms with Gasteiger partial charge in [0.1, 0.15) is 0 Å². The minimum absolute atomic E-state index is 0.273. The van der Waals surface area contributed by atoms with Gasteiger partial charge >= 0.3 is 0 Å². The average molecular weight is 286 g/mol. The monoisotopic (exact) mass is 286 g/mol. The SMILES string of the molecule is O=S(=O)(CCCNC1CC1)NCC(C1CC1)C1CC1. The highest BCUT2D eigenvalue weighted by molar-refractivity contribution is 7.89. The van der Waals surface area contributed by atoms with E-state index in [0.29, 0.717) is 18.5 Å². The highest BCUT2D eigenvalue weighted by Crippen LogP contribution is 2.48. The zero-order valence-electron chi connectivity index (χ0n) is 11.6. The fraction of sp³-hybridized carbons (Fsp3) is 1.00. The van der Waals surface area contributed by atoms with E-state index in [4.69, 9.17) is 0 Å². The number of hydrogen-bond donors (Lipinski definition) is 2. The maximum absolute atomic E-state index is 11.9. The zero-order valence-corrected chi connectivity index (χ0v) is 12.4. The lowest BCUT2D eigenvalue weighted by atomic mass is 9.99. The standard InChI is InChI=1S/C14H26N2O2S/c17-19(18,9-1-8-15-13-6-7-13)16-10-14(11-2-3-11)12-4-5-12/h11-16H,1-10H2. The Morgan fingerprint density at radius 1 is 1.00 bits per heavy atom. The van der Waals surface area contributed by atoms with Gasteiger partial charge in [-0.1, -0.05) is 0 Å². The van der Waals surface area contributed by atoms with Crippen LogP contribution in [0.5, 0.6) is 0 Å². The van der Waals surface area contributed by atoms with Crippen LogP contribution in [0.15, 0.2) is 0 Å². The number of nitrogens with one attached hydrogen (secondary N) is 2. The van der Waals surface area contributed by atoms with E-state index >= 15 is 0 Å². The first-order valence-corrected chi connectivity index (χ1v) is 9.50. The van der Waals surface area contributed by atoms with Gasteiger partial charge < -0.3 is 5.32 Å². The summed E-state index contributed by atoms with van der Waals surface area (Å²) >= 11 is 0. The molecule has 0 bridgehead atoms. The molecule has 0 aromatic carbocycles. The molecule has 3 aliphatic carbocycles. The molecular formula is C14H26N2O2S. The van der Waals surface area contributed by atoms with Crippen LogP contribution >= 0.6 is 0 Å². The van der Waals surface area contributed by atoms with Crippen molar-refractivity contribution in [2.75, 3.05) is 18.8 Å². The molecule has 0 aliphatic heterocycles. The molecule has 0 spiro atoms. The van der Waals surface area contributed by atoms with Crippen molar-refractivity contribution in [3.05, 3.63) is 0 Å². The highest BCUT2D eigenvalue weighted by Gasteiger charge is 2.41. The molecule has 0 atom stereocenters. The maximum Gasteiger partial charge on any atom is 0.211 e. The fourth-order valence-corrected chi connectivity index (χ4v) is 4.03. The Labute approximate surface area is 116 Å². The minimum Gasteiger partial charge on any atom is -0.314 e. The number of sulfonamides is 1. The summed E-state index contributed by atoms with van der Waals surface area (Å²) in [6.45, 7) is 1.52. The first-order chi connectivity index (χ1) is 9.14. The van der Waals surface area contributed by atoms with Crippen molar-refractivity contribution in [2.45, 2.75) is 51.0 Å². The van der Waals surface area contributed by atoms with Crippen LogP contribution in [-0.2, 0) is 10.0 Å². The van der Waals surface area contributed by atoms with E-state index in [2.05, 4.69) is 10.0 Å². The zero-order chi connectivity index (χ0) is 13.3. The van der Waals surface area contributed by atoms with Crippen LogP contribution < -0.4 is 10.0 Å². The summed E-state index contributed by atoms with van der Waals surface area (Å²) in [6, 6.07) is 0.671. The molecule has 0 unspecified atom stereocenters. The third kappa shape index (κ3) is 4.72. The summed E-state index contributed by atoms with van der Waals surface area (Å²) in [5, 5.41) is 3.36. The van der Waals surface area contributed by atoms with Crippen LogP contribution in [-0.4, -0.2) is 33.3 Å². The van der Waals surface area contributed by atoms with Crippen LogP contribution in [0.25, 0.3) is 0 Å². The molecule has 4 nitrogen and oxygen atoms in total. The Balaban J connectivity index is 1.34. The van der Waals surface area contributed by atoms with Gasteiger partial charge in [-0.25, -0.2) is 13.1 Å². The Morgan fingerprint density at radius 2 is 1.63 bits per heavy atom. The van der Waals surface area contributed by atoms with Crippen LogP contribution in [0, 0.1) is 17.8 Å². The first kappa shape index (κ1) is 13.8. The molecule has 0 aromatic rings. The lowest BCUT2D eigenvalue weighted by molar-refractivity contribution is 0.401. The summed E-state index contributed by atoms with van der Waals surface area (Å²) in [4.78, 5) is 0. The average Bonchev–Trinajstić information content (AvgIpc) is 3.23. The molecule has 3 aliphatic rings. The number of rotatable bonds is 10. The summed E-state index contributed by atoms with van der Waals surface area (Å²) in [5.74, 6) is 2.52. The van der Waals surface area contributed by atoms with Gasteiger partial charge in [0, 0.05) is 12.6 Å². The van der Waals surface area contributed by atoms with Crippen molar-refractivity contribution >= 4 is 10.0 Å². The summed E-state index contributed by atoms with van der Waals surface area (Å²) in [5.41, 5.74) is 0. The first-order valence-electron chi connectivity index (χ1n) is 7.85. The Bertz CT molecular complexity index is 386. The Kier molecular flexibility index (Phi) is 4.15. The van der Waals surface area contributed by atoms with Gasteiger partial charge in [-0.15, -0.1) is 0 Å². The molecule has 2 N–H and O–H groups in total. The summed E-state index contributed by atoms with van der Waals surface area (Å²) in [6.07, 6.45) is 8.50. The van der Waals surface area contributed by atoms with Gasteiger partial charge in [0.15, 0.2) is 0 Å². The third-order valence-electron chi connectivity index (χ3n) is 4.59. The maximum atomic E-state index is 11.9. The highest BCUT2D eigenvalue weighted by atomic mass is 32.2. The van der Waals surface area contributed by atoms with E-state index in [1.165, 1.54) is 38.5 Å². The van der Waals surface area contributed by atoms with Crippen LogP contribution in [0.2, 0.25) is 0 Å².